The highest BCUT2D eigenvalue weighted by Crippen LogP contribution is 2.45. The standard InChI is InChI=1S/C16H34N2/c1-9-12-18-13-15(6,10-2)17(8)16(7,11-3)14(18,4)5/h9-13H2,1-8H3. The van der Waals surface area contributed by atoms with Gasteiger partial charge in [0.15, 0.2) is 0 Å². The van der Waals surface area contributed by atoms with Crippen LogP contribution in [0.4, 0.5) is 0 Å². The lowest BCUT2D eigenvalue weighted by atomic mass is 9.70. The third kappa shape index (κ3) is 2.12. The van der Waals surface area contributed by atoms with Gasteiger partial charge < -0.3 is 0 Å². The minimum Gasteiger partial charge on any atom is -0.295 e. The first-order valence-corrected chi connectivity index (χ1v) is 7.68. The van der Waals surface area contributed by atoms with Crippen molar-refractivity contribution in [1.29, 1.82) is 0 Å². The Morgan fingerprint density at radius 1 is 0.944 bits per heavy atom. The summed E-state index contributed by atoms with van der Waals surface area (Å²) >= 11 is 0. The normalized spacial score (nSPS) is 38.0. The summed E-state index contributed by atoms with van der Waals surface area (Å²) in [5, 5.41) is 0. The van der Waals surface area contributed by atoms with Gasteiger partial charge in [-0.15, -0.1) is 0 Å². The summed E-state index contributed by atoms with van der Waals surface area (Å²) in [5.74, 6) is 0. The Kier molecular flexibility index (Phi) is 4.55. The van der Waals surface area contributed by atoms with E-state index in [0.29, 0.717) is 5.54 Å². The zero-order chi connectivity index (χ0) is 14.2. The Morgan fingerprint density at radius 2 is 1.50 bits per heavy atom. The Morgan fingerprint density at radius 3 is 1.89 bits per heavy atom. The summed E-state index contributed by atoms with van der Waals surface area (Å²) in [6.45, 7) is 19.1. The predicted molar refractivity (Wildman–Crippen MR) is 81.1 cm³/mol. The fraction of sp³-hybridized carbons (Fsp3) is 1.00. The quantitative estimate of drug-likeness (QED) is 0.754. The molecule has 0 aromatic carbocycles. The molecule has 0 radical (unpaired) electrons. The van der Waals surface area contributed by atoms with Crippen molar-refractivity contribution in [3.63, 3.8) is 0 Å². The number of hydrogen-bond donors (Lipinski definition) is 0. The summed E-state index contributed by atoms with van der Waals surface area (Å²) in [6.07, 6.45) is 3.66. The molecule has 0 aromatic rings. The Hall–Kier alpha value is -0.0800. The molecule has 0 bridgehead atoms. The van der Waals surface area contributed by atoms with E-state index in [4.69, 9.17) is 0 Å². The lowest BCUT2D eigenvalue weighted by Gasteiger charge is -2.66. The predicted octanol–water partition coefficient (Wildman–Crippen LogP) is 3.76. The maximum Gasteiger partial charge on any atom is 0.0360 e. The van der Waals surface area contributed by atoms with Crippen molar-refractivity contribution in [1.82, 2.24) is 9.80 Å². The molecule has 2 heteroatoms. The molecule has 18 heavy (non-hydrogen) atoms. The van der Waals surface area contributed by atoms with E-state index in [2.05, 4.69) is 65.3 Å². The summed E-state index contributed by atoms with van der Waals surface area (Å²) in [6, 6.07) is 0. The lowest BCUT2D eigenvalue weighted by Crippen LogP contribution is -2.77. The van der Waals surface area contributed by atoms with Crippen LogP contribution in [0.25, 0.3) is 0 Å². The maximum atomic E-state index is 2.72. The van der Waals surface area contributed by atoms with Crippen molar-refractivity contribution in [2.24, 2.45) is 0 Å². The second-order valence-electron chi connectivity index (χ2n) is 7.02. The molecular formula is C16H34N2. The summed E-state index contributed by atoms with van der Waals surface area (Å²) in [7, 11) is 2.33. The van der Waals surface area contributed by atoms with Crippen molar-refractivity contribution in [3.05, 3.63) is 0 Å². The van der Waals surface area contributed by atoms with Gasteiger partial charge in [0.2, 0.25) is 0 Å². The molecule has 1 fully saturated rings. The molecule has 2 unspecified atom stereocenters. The molecule has 1 aliphatic rings. The smallest absolute Gasteiger partial charge is 0.0360 e. The van der Waals surface area contributed by atoms with Crippen LogP contribution in [0.5, 0.6) is 0 Å². The summed E-state index contributed by atoms with van der Waals surface area (Å²) in [4.78, 5) is 5.38. The average Bonchev–Trinajstić information content (AvgIpc) is 2.34. The molecule has 0 saturated carbocycles. The molecule has 0 aliphatic carbocycles. The highest BCUT2D eigenvalue weighted by Gasteiger charge is 2.55. The molecule has 1 aliphatic heterocycles. The van der Waals surface area contributed by atoms with E-state index in [1.807, 2.05) is 0 Å². The summed E-state index contributed by atoms with van der Waals surface area (Å²) < 4.78 is 0. The van der Waals surface area contributed by atoms with Crippen LogP contribution in [0.2, 0.25) is 0 Å². The third-order valence-electron chi connectivity index (χ3n) is 6.13. The first kappa shape index (κ1) is 16.0. The fourth-order valence-corrected chi connectivity index (χ4v) is 3.71. The Labute approximate surface area is 115 Å². The zero-order valence-electron chi connectivity index (χ0n) is 13.9. The van der Waals surface area contributed by atoms with Gasteiger partial charge in [0, 0.05) is 23.2 Å². The van der Waals surface area contributed by atoms with E-state index in [0.717, 1.165) is 0 Å². The van der Waals surface area contributed by atoms with Gasteiger partial charge in [-0.3, -0.25) is 9.80 Å². The molecule has 0 aromatic heterocycles. The Balaban J connectivity index is 3.21. The van der Waals surface area contributed by atoms with E-state index >= 15 is 0 Å². The zero-order valence-corrected chi connectivity index (χ0v) is 13.9. The fourth-order valence-electron chi connectivity index (χ4n) is 3.71. The van der Waals surface area contributed by atoms with Gasteiger partial charge in [-0.25, -0.2) is 0 Å². The number of rotatable bonds is 4. The molecular weight excluding hydrogens is 220 g/mol. The van der Waals surface area contributed by atoms with E-state index in [1.165, 1.54) is 32.4 Å². The topological polar surface area (TPSA) is 6.48 Å². The van der Waals surface area contributed by atoms with Crippen molar-refractivity contribution in [2.45, 2.75) is 84.3 Å². The Bertz CT molecular complexity index is 287. The van der Waals surface area contributed by atoms with Gasteiger partial charge in [0.25, 0.3) is 0 Å². The minimum atomic E-state index is 0.237. The van der Waals surface area contributed by atoms with E-state index in [-0.39, 0.29) is 11.1 Å². The molecule has 1 heterocycles. The molecule has 2 atom stereocenters. The van der Waals surface area contributed by atoms with Crippen LogP contribution in [0.1, 0.15) is 67.7 Å². The van der Waals surface area contributed by atoms with E-state index in [9.17, 15) is 0 Å². The third-order valence-corrected chi connectivity index (χ3v) is 6.13. The SMILES string of the molecule is CCCN1CC(C)(CC)N(C)C(C)(CC)C1(C)C. The minimum absolute atomic E-state index is 0.237. The van der Waals surface area contributed by atoms with Crippen molar-refractivity contribution >= 4 is 0 Å². The molecule has 2 nitrogen and oxygen atoms in total. The van der Waals surface area contributed by atoms with Crippen LogP contribution in [-0.4, -0.2) is 46.6 Å². The highest BCUT2D eigenvalue weighted by atomic mass is 15.4. The number of piperazine rings is 1. The molecule has 0 N–H and O–H groups in total. The second kappa shape index (κ2) is 5.13. The average molecular weight is 254 g/mol. The van der Waals surface area contributed by atoms with Crippen LogP contribution in [0, 0.1) is 0 Å². The van der Waals surface area contributed by atoms with Gasteiger partial charge in [0.05, 0.1) is 0 Å². The monoisotopic (exact) mass is 254 g/mol. The van der Waals surface area contributed by atoms with Crippen LogP contribution in [0.15, 0.2) is 0 Å². The van der Waals surface area contributed by atoms with Gasteiger partial charge in [-0.1, -0.05) is 20.8 Å². The summed E-state index contributed by atoms with van der Waals surface area (Å²) in [5.41, 5.74) is 0.780. The van der Waals surface area contributed by atoms with Crippen LogP contribution in [-0.2, 0) is 0 Å². The lowest BCUT2D eigenvalue weighted by molar-refractivity contribution is -0.149. The van der Waals surface area contributed by atoms with Gasteiger partial charge in [-0.05, 0) is 60.5 Å². The van der Waals surface area contributed by atoms with Crippen molar-refractivity contribution in [3.8, 4) is 0 Å². The molecule has 0 spiro atoms. The molecule has 108 valence electrons. The van der Waals surface area contributed by atoms with Gasteiger partial charge in [-0.2, -0.15) is 0 Å². The second-order valence-corrected chi connectivity index (χ2v) is 7.02. The molecule has 1 saturated heterocycles. The van der Waals surface area contributed by atoms with Crippen LogP contribution < -0.4 is 0 Å². The number of hydrogen-bond acceptors (Lipinski definition) is 2. The van der Waals surface area contributed by atoms with Crippen LogP contribution in [0.3, 0.4) is 0 Å². The first-order chi connectivity index (χ1) is 8.19. The molecule has 1 rings (SSSR count). The van der Waals surface area contributed by atoms with Crippen molar-refractivity contribution in [2.75, 3.05) is 20.1 Å². The van der Waals surface area contributed by atoms with Crippen molar-refractivity contribution < 1.29 is 0 Å². The van der Waals surface area contributed by atoms with Gasteiger partial charge in [0.1, 0.15) is 0 Å². The highest BCUT2D eigenvalue weighted by molar-refractivity contribution is 5.13. The van der Waals surface area contributed by atoms with E-state index in [1.54, 1.807) is 0 Å². The number of likely N-dealkylation sites (N-methyl/N-ethyl adjacent to an activating group) is 1. The largest absolute Gasteiger partial charge is 0.295 e. The first-order valence-electron chi connectivity index (χ1n) is 7.68. The van der Waals surface area contributed by atoms with E-state index < -0.39 is 0 Å². The van der Waals surface area contributed by atoms with Gasteiger partial charge >= 0.3 is 0 Å². The maximum absolute atomic E-state index is 2.72. The van der Waals surface area contributed by atoms with Crippen LogP contribution >= 0.6 is 0 Å². The molecule has 0 amide bonds. The number of nitrogens with zero attached hydrogens (tertiary/aromatic N) is 2.